The summed E-state index contributed by atoms with van der Waals surface area (Å²) >= 11 is 0. The second-order valence-corrected chi connectivity index (χ2v) is 7.29. The number of hydrogen-bond donors (Lipinski definition) is 3. The van der Waals surface area contributed by atoms with Crippen molar-refractivity contribution in [2.75, 3.05) is 31.6 Å². The number of hydrogen-bond acceptors (Lipinski definition) is 4. The fourth-order valence-electron chi connectivity index (χ4n) is 3.87. The molecule has 0 unspecified atom stereocenters. The molecule has 1 saturated heterocycles. The Morgan fingerprint density at radius 1 is 1.18 bits per heavy atom. The molecule has 1 aromatic heterocycles. The van der Waals surface area contributed by atoms with Crippen molar-refractivity contribution in [3.8, 4) is 0 Å². The first-order valence-electron chi connectivity index (χ1n) is 9.78. The van der Waals surface area contributed by atoms with Crippen LogP contribution in [-0.4, -0.2) is 41.4 Å². The summed E-state index contributed by atoms with van der Waals surface area (Å²) in [5, 5.41) is 11.6. The standard InChI is InChI=1S/C22H26FN5/c23-11-14-28-12-9-17(10-13-28)16-5-7-18(8-6-16)25-15-20(24)22-19-3-1-2-4-21(19)26-27-22/h1-8,15,17,25H,9-14,24H2,(H,26,27)/b20-15-. The minimum atomic E-state index is -0.254. The number of aromatic nitrogens is 2. The fourth-order valence-corrected chi connectivity index (χ4v) is 3.87. The largest absolute Gasteiger partial charge is 0.396 e. The van der Waals surface area contributed by atoms with Gasteiger partial charge in [0.15, 0.2) is 0 Å². The first-order valence-corrected chi connectivity index (χ1v) is 9.78. The number of piperidine rings is 1. The molecule has 28 heavy (non-hydrogen) atoms. The minimum Gasteiger partial charge on any atom is -0.396 e. The highest BCUT2D eigenvalue weighted by Gasteiger charge is 2.20. The third kappa shape index (κ3) is 4.02. The molecular formula is C22H26FN5. The Bertz CT molecular complexity index is 939. The maximum atomic E-state index is 12.5. The predicted molar refractivity (Wildman–Crippen MR) is 113 cm³/mol. The highest BCUT2D eigenvalue weighted by atomic mass is 19.1. The van der Waals surface area contributed by atoms with E-state index in [4.69, 9.17) is 5.73 Å². The van der Waals surface area contributed by atoms with Crippen LogP contribution in [0.5, 0.6) is 0 Å². The molecule has 4 N–H and O–H groups in total. The van der Waals surface area contributed by atoms with Crippen molar-refractivity contribution < 1.29 is 4.39 Å². The molecule has 0 saturated carbocycles. The summed E-state index contributed by atoms with van der Waals surface area (Å²) in [5.41, 5.74) is 10.9. The van der Waals surface area contributed by atoms with E-state index >= 15 is 0 Å². The van der Waals surface area contributed by atoms with Crippen LogP contribution in [0.15, 0.2) is 54.7 Å². The third-order valence-electron chi connectivity index (χ3n) is 5.51. The van der Waals surface area contributed by atoms with Crippen LogP contribution < -0.4 is 11.1 Å². The second kappa shape index (κ2) is 8.44. The molecule has 0 amide bonds. The number of alkyl halides is 1. The number of nitrogens with one attached hydrogen (secondary N) is 2. The fraction of sp³-hybridized carbons (Fsp3) is 0.318. The quantitative estimate of drug-likeness (QED) is 0.604. The molecule has 0 atom stereocenters. The van der Waals surface area contributed by atoms with Crippen LogP contribution in [0.2, 0.25) is 0 Å². The number of nitrogens with zero attached hydrogens (tertiary/aromatic N) is 2. The van der Waals surface area contributed by atoms with E-state index in [1.807, 2.05) is 24.3 Å². The first kappa shape index (κ1) is 18.5. The van der Waals surface area contributed by atoms with E-state index in [9.17, 15) is 4.39 Å². The lowest BCUT2D eigenvalue weighted by Gasteiger charge is -2.31. The molecule has 6 heteroatoms. The Hall–Kier alpha value is -2.86. The van der Waals surface area contributed by atoms with Gasteiger partial charge in [-0.15, -0.1) is 0 Å². The van der Waals surface area contributed by atoms with Crippen molar-refractivity contribution in [1.29, 1.82) is 0 Å². The molecule has 0 spiro atoms. The zero-order valence-electron chi connectivity index (χ0n) is 15.9. The van der Waals surface area contributed by atoms with Crippen molar-refractivity contribution in [2.45, 2.75) is 18.8 Å². The maximum absolute atomic E-state index is 12.5. The SMILES string of the molecule is N/C(=C\Nc1ccc(C2CCN(CCF)CC2)cc1)c1n[nH]c2ccccc12. The topological polar surface area (TPSA) is 70.0 Å². The van der Waals surface area contributed by atoms with Gasteiger partial charge in [0, 0.05) is 23.8 Å². The van der Waals surface area contributed by atoms with E-state index < -0.39 is 0 Å². The summed E-state index contributed by atoms with van der Waals surface area (Å²) in [6, 6.07) is 16.4. The Balaban J connectivity index is 1.39. The van der Waals surface area contributed by atoms with Crippen molar-refractivity contribution in [3.63, 3.8) is 0 Å². The molecule has 0 bridgehead atoms. The van der Waals surface area contributed by atoms with Crippen LogP contribution >= 0.6 is 0 Å². The number of likely N-dealkylation sites (tertiary alicyclic amines) is 1. The van der Waals surface area contributed by atoms with Crippen LogP contribution in [0.1, 0.15) is 30.0 Å². The van der Waals surface area contributed by atoms with Crippen molar-refractivity contribution in [1.82, 2.24) is 15.1 Å². The summed E-state index contributed by atoms with van der Waals surface area (Å²) in [7, 11) is 0. The molecule has 1 aliphatic heterocycles. The number of halogens is 1. The van der Waals surface area contributed by atoms with E-state index in [2.05, 4.69) is 44.7 Å². The number of anilines is 1. The molecule has 4 rings (SSSR count). The smallest absolute Gasteiger partial charge is 0.117 e. The van der Waals surface area contributed by atoms with Gasteiger partial charge in [-0.05, 0) is 55.6 Å². The average molecular weight is 379 g/mol. The van der Waals surface area contributed by atoms with E-state index in [-0.39, 0.29) is 6.67 Å². The summed E-state index contributed by atoms with van der Waals surface area (Å²) in [6.45, 7) is 2.27. The Kier molecular flexibility index (Phi) is 5.58. The molecule has 1 fully saturated rings. The second-order valence-electron chi connectivity index (χ2n) is 7.29. The van der Waals surface area contributed by atoms with Gasteiger partial charge in [0.2, 0.25) is 0 Å². The van der Waals surface area contributed by atoms with Gasteiger partial charge in [0.05, 0.1) is 11.2 Å². The molecule has 2 aromatic carbocycles. The van der Waals surface area contributed by atoms with Crippen molar-refractivity contribution >= 4 is 22.3 Å². The number of fused-ring (bicyclic) bond motifs is 1. The number of H-pyrrole nitrogens is 1. The average Bonchev–Trinajstić information content (AvgIpc) is 3.18. The molecule has 3 aromatic rings. The van der Waals surface area contributed by atoms with Gasteiger partial charge >= 0.3 is 0 Å². The predicted octanol–water partition coefficient (Wildman–Crippen LogP) is 4.08. The van der Waals surface area contributed by atoms with Crippen molar-refractivity contribution in [2.24, 2.45) is 5.73 Å². The lowest BCUT2D eigenvalue weighted by molar-refractivity contribution is 0.197. The van der Waals surface area contributed by atoms with Gasteiger partial charge < -0.3 is 16.0 Å². The van der Waals surface area contributed by atoms with E-state index in [1.165, 1.54) is 5.56 Å². The third-order valence-corrected chi connectivity index (χ3v) is 5.51. The van der Waals surface area contributed by atoms with Crippen LogP contribution in [0.25, 0.3) is 16.6 Å². The van der Waals surface area contributed by atoms with E-state index in [0.29, 0.717) is 18.2 Å². The molecule has 0 radical (unpaired) electrons. The number of benzene rings is 2. The molecule has 1 aliphatic rings. The number of rotatable bonds is 6. The Morgan fingerprint density at radius 3 is 2.68 bits per heavy atom. The van der Waals surface area contributed by atoms with Crippen LogP contribution in [-0.2, 0) is 0 Å². The van der Waals surface area contributed by atoms with Gasteiger partial charge in [-0.3, -0.25) is 5.10 Å². The number of aromatic amines is 1. The summed E-state index contributed by atoms with van der Waals surface area (Å²) in [4.78, 5) is 2.21. The number of para-hydroxylation sites is 1. The zero-order valence-corrected chi connectivity index (χ0v) is 15.9. The normalized spacial score (nSPS) is 16.5. The van der Waals surface area contributed by atoms with Gasteiger partial charge in [0.25, 0.3) is 0 Å². The zero-order chi connectivity index (χ0) is 19.3. The van der Waals surface area contributed by atoms with Gasteiger partial charge in [-0.2, -0.15) is 5.10 Å². The molecule has 0 aliphatic carbocycles. The van der Waals surface area contributed by atoms with Crippen LogP contribution in [0.4, 0.5) is 10.1 Å². The molecule has 5 nitrogen and oxygen atoms in total. The monoisotopic (exact) mass is 379 g/mol. The summed E-state index contributed by atoms with van der Waals surface area (Å²) < 4.78 is 12.5. The lowest BCUT2D eigenvalue weighted by Crippen LogP contribution is -2.34. The van der Waals surface area contributed by atoms with Crippen molar-refractivity contribution in [3.05, 3.63) is 66.0 Å². The first-order chi connectivity index (χ1) is 13.7. The summed E-state index contributed by atoms with van der Waals surface area (Å²) in [6.07, 6.45) is 3.96. The van der Waals surface area contributed by atoms with E-state index in [0.717, 1.165) is 48.2 Å². The van der Waals surface area contributed by atoms with E-state index in [1.54, 1.807) is 6.20 Å². The Morgan fingerprint density at radius 2 is 1.93 bits per heavy atom. The maximum Gasteiger partial charge on any atom is 0.117 e. The summed E-state index contributed by atoms with van der Waals surface area (Å²) in [5.74, 6) is 0.556. The van der Waals surface area contributed by atoms with Crippen LogP contribution in [0, 0.1) is 0 Å². The lowest BCUT2D eigenvalue weighted by atomic mass is 9.89. The molecular weight excluding hydrogens is 353 g/mol. The minimum absolute atomic E-state index is 0.254. The van der Waals surface area contributed by atoms with Crippen LogP contribution in [0.3, 0.4) is 0 Å². The highest BCUT2D eigenvalue weighted by molar-refractivity contribution is 5.89. The van der Waals surface area contributed by atoms with Gasteiger partial charge in [-0.1, -0.05) is 30.3 Å². The highest BCUT2D eigenvalue weighted by Crippen LogP contribution is 2.29. The van der Waals surface area contributed by atoms with Gasteiger partial charge in [-0.25, -0.2) is 4.39 Å². The molecule has 146 valence electrons. The number of nitrogens with two attached hydrogens (primary N) is 1. The Labute approximate surface area is 164 Å². The molecule has 2 heterocycles. The van der Waals surface area contributed by atoms with Gasteiger partial charge in [0.1, 0.15) is 12.4 Å².